The monoisotopic (exact) mass is 433 g/mol. The van der Waals surface area contributed by atoms with Crippen LogP contribution in [0.4, 0.5) is 0 Å². The number of nitrogens with zero attached hydrogens (tertiary/aromatic N) is 3. The summed E-state index contributed by atoms with van der Waals surface area (Å²) in [5, 5.41) is 6.66. The molecule has 130 valence electrons. The second-order valence-corrected chi connectivity index (χ2v) is 5.46. The maximum atomic E-state index is 5.05. The fraction of sp³-hybridized carbons (Fsp3) is 0.625. The molecule has 1 aliphatic heterocycles. The van der Waals surface area contributed by atoms with Crippen molar-refractivity contribution in [2.24, 2.45) is 4.99 Å². The predicted octanol–water partition coefficient (Wildman–Crippen LogP) is 1.86. The molecule has 0 spiro atoms. The summed E-state index contributed by atoms with van der Waals surface area (Å²) < 4.78 is 5.05. The normalized spacial score (nSPS) is 15.7. The summed E-state index contributed by atoms with van der Waals surface area (Å²) in [5.74, 6) is 1.46. The van der Waals surface area contributed by atoms with Crippen LogP contribution in [-0.2, 0) is 6.54 Å². The Bertz CT molecular complexity index is 460. The van der Waals surface area contributed by atoms with Crippen LogP contribution in [0.3, 0.4) is 0 Å². The van der Waals surface area contributed by atoms with Crippen molar-refractivity contribution in [2.75, 3.05) is 40.3 Å². The van der Waals surface area contributed by atoms with Crippen LogP contribution in [0.15, 0.2) is 23.3 Å². The van der Waals surface area contributed by atoms with Gasteiger partial charge in [0.1, 0.15) is 0 Å². The van der Waals surface area contributed by atoms with Crippen LogP contribution >= 0.6 is 24.0 Å². The molecule has 1 aromatic heterocycles. The Morgan fingerprint density at radius 2 is 2.04 bits per heavy atom. The minimum Gasteiger partial charge on any atom is -0.481 e. The molecule has 1 aromatic rings. The van der Waals surface area contributed by atoms with E-state index in [1.54, 1.807) is 14.2 Å². The van der Waals surface area contributed by atoms with Gasteiger partial charge in [-0.05, 0) is 31.5 Å². The third-order valence-corrected chi connectivity index (χ3v) is 3.86. The molecule has 23 heavy (non-hydrogen) atoms. The number of aliphatic imine (C=N–C) groups is 1. The Morgan fingerprint density at radius 1 is 1.26 bits per heavy atom. The SMILES string of the molecule is CN=C(NCCN1CCCCC1)NCc1ccc(OC)nc1.I. The highest BCUT2D eigenvalue weighted by Gasteiger charge is 2.09. The molecule has 0 bridgehead atoms. The van der Waals surface area contributed by atoms with E-state index in [0.717, 1.165) is 24.6 Å². The van der Waals surface area contributed by atoms with Crippen LogP contribution in [0.25, 0.3) is 0 Å². The number of hydrogen-bond acceptors (Lipinski definition) is 4. The van der Waals surface area contributed by atoms with Crippen LogP contribution in [0.5, 0.6) is 5.88 Å². The molecule has 1 aliphatic rings. The highest BCUT2D eigenvalue weighted by Crippen LogP contribution is 2.07. The van der Waals surface area contributed by atoms with Crippen molar-refractivity contribution in [1.29, 1.82) is 0 Å². The van der Waals surface area contributed by atoms with Gasteiger partial charge in [-0.2, -0.15) is 0 Å². The molecule has 0 amide bonds. The number of aromatic nitrogens is 1. The van der Waals surface area contributed by atoms with E-state index < -0.39 is 0 Å². The van der Waals surface area contributed by atoms with Crippen molar-refractivity contribution in [3.63, 3.8) is 0 Å². The Labute approximate surface area is 156 Å². The number of hydrogen-bond donors (Lipinski definition) is 2. The molecular formula is C16H28IN5O. The molecule has 0 saturated carbocycles. The second kappa shape index (κ2) is 11.4. The molecule has 7 heteroatoms. The summed E-state index contributed by atoms with van der Waals surface area (Å²) in [6.07, 6.45) is 5.85. The summed E-state index contributed by atoms with van der Waals surface area (Å²) >= 11 is 0. The number of pyridine rings is 1. The van der Waals surface area contributed by atoms with E-state index >= 15 is 0 Å². The minimum absolute atomic E-state index is 0. The van der Waals surface area contributed by atoms with E-state index in [1.807, 2.05) is 18.3 Å². The Kier molecular flexibility index (Phi) is 9.93. The first-order valence-corrected chi connectivity index (χ1v) is 7.97. The molecular weight excluding hydrogens is 405 g/mol. The summed E-state index contributed by atoms with van der Waals surface area (Å²) in [6, 6.07) is 3.86. The van der Waals surface area contributed by atoms with Gasteiger partial charge in [-0.3, -0.25) is 4.99 Å². The van der Waals surface area contributed by atoms with Crippen molar-refractivity contribution in [2.45, 2.75) is 25.8 Å². The fourth-order valence-electron chi connectivity index (χ4n) is 2.56. The number of guanidine groups is 1. The van der Waals surface area contributed by atoms with Gasteiger partial charge in [0.15, 0.2) is 5.96 Å². The second-order valence-electron chi connectivity index (χ2n) is 5.46. The maximum Gasteiger partial charge on any atom is 0.212 e. The minimum atomic E-state index is 0. The number of ether oxygens (including phenoxy) is 1. The quantitative estimate of drug-likeness (QED) is 0.408. The molecule has 1 saturated heterocycles. The number of methoxy groups -OCH3 is 1. The topological polar surface area (TPSA) is 61.8 Å². The van der Waals surface area contributed by atoms with Crippen LogP contribution in [0.2, 0.25) is 0 Å². The average Bonchev–Trinajstić information content (AvgIpc) is 2.59. The van der Waals surface area contributed by atoms with Crippen molar-refractivity contribution < 1.29 is 4.74 Å². The van der Waals surface area contributed by atoms with Crippen molar-refractivity contribution >= 4 is 29.9 Å². The zero-order valence-corrected chi connectivity index (χ0v) is 16.4. The standard InChI is InChI=1S/C16H27N5O.HI/c1-17-16(18-8-11-21-9-4-3-5-10-21)20-13-14-6-7-15(22-2)19-12-14;/h6-7,12H,3-5,8-11,13H2,1-2H3,(H2,17,18,20);1H. The smallest absolute Gasteiger partial charge is 0.212 e. The predicted molar refractivity (Wildman–Crippen MR) is 105 cm³/mol. The summed E-state index contributed by atoms with van der Waals surface area (Å²) in [7, 11) is 3.41. The van der Waals surface area contributed by atoms with E-state index in [-0.39, 0.29) is 24.0 Å². The van der Waals surface area contributed by atoms with Crippen molar-refractivity contribution in [3.05, 3.63) is 23.9 Å². The summed E-state index contributed by atoms with van der Waals surface area (Å²) in [4.78, 5) is 11.0. The molecule has 2 heterocycles. The summed E-state index contributed by atoms with van der Waals surface area (Å²) in [6.45, 7) is 5.14. The van der Waals surface area contributed by atoms with E-state index in [9.17, 15) is 0 Å². The van der Waals surface area contributed by atoms with E-state index in [1.165, 1.54) is 32.4 Å². The fourth-order valence-corrected chi connectivity index (χ4v) is 2.56. The van der Waals surface area contributed by atoms with Gasteiger partial charge in [-0.25, -0.2) is 4.98 Å². The van der Waals surface area contributed by atoms with Crippen LogP contribution in [-0.4, -0.2) is 56.2 Å². The third kappa shape index (κ3) is 7.34. The van der Waals surface area contributed by atoms with Gasteiger partial charge in [0, 0.05) is 38.9 Å². The maximum absolute atomic E-state index is 5.05. The number of rotatable bonds is 6. The third-order valence-electron chi connectivity index (χ3n) is 3.86. The van der Waals surface area contributed by atoms with Gasteiger partial charge in [0.2, 0.25) is 5.88 Å². The molecule has 2 N–H and O–H groups in total. The Morgan fingerprint density at radius 3 is 2.65 bits per heavy atom. The van der Waals surface area contributed by atoms with Gasteiger partial charge in [-0.1, -0.05) is 12.5 Å². The van der Waals surface area contributed by atoms with Crippen LogP contribution in [0, 0.1) is 0 Å². The Hall–Kier alpha value is -1.09. The molecule has 0 aliphatic carbocycles. The molecule has 6 nitrogen and oxygen atoms in total. The molecule has 0 radical (unpaired) electrons. The zero-order chi connectivity index (χ0) is 15.6. The Balaban J connectivity index is 0.00000264. The molecule has 0 unspecified atom stereocenters. The van der Waals surface area contributed by atoms with Crippen LogP contribution in [0.1, 0.15) is 24.8 Å². The van der Waals surface area contributed by atoms with E-state index in [2.05, 4.69) is 25.5 Å². The number of likely N-dealkylation sites (tertiary alicyclic amines) is 1. The summed E-state index contributed by atoms with van der Waals surface area (Å²) in [5.41, 5.74) is 1.10. The van der Waals surface area contributed by atoms with E-state index in [4.69, 9.17) is 4.74 Å². The lowest BCUT2D eigenvalue weighted by atomic mass is 10.1. The number of nitrogens with one attached hydrogen (secondary N) is 2. The zero-order valence-electron chi connectivity index (χ0n) is 14.0. The van der Waals surface area contributed by atoms with Crippen molar-refractivity contribution in [1.82, 2.24) is 20.5 Å². The van der Waals surface area contributed by atoms with Crippen LogP contribution < -0.4 is 15.4 Å². The number of halogens is 1. The highest BCUT2D eigenvalue weighted by molar-refractivity contribution is 14.0. The number of piperidine rings is 1. The van der Waals surface area contributed by atoms with Crippen molar-refractivity contribution in [3.8, 4) is 5.88 Å². The molecule has 0 aromatic carbocycles. The molecule has 2 rings (SSSR count). The lowest BCUT2D eigenvalue weighted by Gasteiger charge is -2.26. The van der Waals surface area contributed by atoms with E-state index in [0.29, 0.717) is 12.4 Å². The average molecular weight is 433 g/mol. The molecule has 1 fully saturated rings. The first kappa shape index (κ1) is 20.0. The first-order valence-electron chi connectivity index (χ1n) is 7.97. The van der Waals surface area contributed by atoms with Gasteiger partial charge >= 0.3 is 0 Å². The van der Waals surface area contributed by atoms with Gasteiger partial charge in [0.25, 0.3) is 0 Å². The lowest BCUT2D eigenvalue weighted by molar-refractivity contribution is 0.232. The largest absolute Gasteiger partial charge is 0.481 e. The van der Waals surface area contributed by atoms with Gasteiger partial charge < -0.3 is 20.3 Å². The van der Waals surface area contributed by atoms with Gasteiger partial charge in [-0.15, -0.1) is 24.0 Å². The lowest BCUT2D eigenvalue weighted by Crippen LogP contribution is -2.42. The molecule has 0 atom stereocenters. The first-order chi connectivity index (χ1) is 10.8. The highest BCUT2D eigenvalue weighted by atomic mass is 127. The van der Waals surface area contributed by atoms with Gasteiger partial charge in [0.05, 0.1) is 7.11 Å².